The molecule has 2 aromatic rings. The minimum absolute atomic E-state index is 0.0624. The molecule has 0 aromatic heterocycles. The molecule has 0 aliphatic carbocycles. The van der Waals surface area contributed by atoms with Crippen molar-refractivity contribution >= 4 is 31.6 Å². The molecule has 0 radical (unpaired) electrons. The molecule has 0 bridgehead atoms. The van der Waals surface area contributed by atoms with Crippen molar-refractivity contribution in [2.24, 2.45) is 0 Å². The third-order valence-electron chi connectivity index (χ3n) is 3.21. The van der Waals surface area contributed by atoms with E-state index in [0.717, 1.165) is 0 Å². The number of ketones is 1. The Kier molecular flexibility index (Phi) is 5.13. The molecule has 3 nitrogen and oxygen atoms in total. The summed E-state index contributed by atoms with van der Waals surface area (Å²) in [6.45, 7) is 1.59. The Labute approximate surface area is 137 Å². The van der Waals surface area contributed by atoms with Gasteiger partial charge in [0.05, 0.1) is 5.75 Å². The number of hydrogen-bond donors (Lipinski definition) is 0. The topological polar surface area (TPSA) is 51.2 Å². The highest BCUT2D eigenvalue weighted by Gasteiger charge is 2.15. The second-order valence-corrected chi connectivity index (χ2v) is 8.03. The van der Waals surface area contributed by atoms with Crippen LogP contribution in [0.5, 0.6) is 0 Å². The van der Waals surface area contributed by atoms with Gasteiger partial charge >= 0.3 is 0 Å². The average molecular weight is 385 g/mol. The van der Waals surface area contributed by atoms with E-state index < -0.39 is 15.7 Å². The Hall–Kier alpha value is -1.53. The lowest BCUT2D eigenvalue weighted by atomic mass is 10.0. The molecule has 0 atom stereocenters. The summed E-state index contributed by atoms with van der Waals surface area (Å²) in [5.74, 6) is -0.652. The minimum Gasteiger partial charge on any atom is -0.289 e. The summed E-state index contributed by atoms with van der Waals surface area (Å²) in [7, 11) is -3.13. The van der Waals surface area contributed by atoms with Gasteiger partial charge < -0.3 is 0 Å². The molecule has 0 fully saturated rings. The molecule has 0 N–H and O–H groups in total. The first-order valence-corrected chi connectivity index (χ1v) is 9.23. The number of hydrogen-bond acceptors (Lipinski definition) is 3. The fraction of sp³-hybridized carbons (Fsp3) is 0.188. The number of rotatable bonds is 5. The predicted octanol–water partition coefficient (Wildman–Crippen LogP) is 3.75. The van der Waals surface area contributed by atoms with E-state index in [0.29, 0.717) is 21.2 Å². The van der Waals surface area contributed by atoms with Gasteiger partial charge in [-0.15, -0.1) is 0 Å². The number of sulfone groups is 1. The molecule has 2 aromatic carbocycles. The molecule has 0 saturated carbocycles. The third-order valence-corrected chi connectivity index (χ3v) is 5.52. The SMILES string of the molecule is CCS(=O)(=O)Cc1ccc(C(=O)c2ccc(F)cc2)c(Br)c1. The van der Waals surface area contributed by atoms with E-state index in [1.54, 1.807) is 25.1 Å². The van der Waals surface area contributed by atoms with Gasteiger partial charge in [-0.3, -0.25) is 4.79 Å². The summed E-state index contributed by atoms with van der Waals surface area (Å²) in [6, 6.07) is 10.1. The van der Waals surface area contributed by atoms with Crippen molar-refractivity contribution in [3.63, 3.8) is 0 Å². The summed E-state index contributed by atoms with van der Waals surface area (Å²) in [4.78, 5) is 12.4. The Morgan fingerprint density at radius 2 is 1.77 bits per heavy atom. The maximum atomic E-state index is 12.9. The molecule has 22 heavy (non-hydrogen) atoms. The number of carbonyl (C=O) groups excluding carboxylic acids is 1. The average Bonchev–Trinajstić information content (AvgIpc) is 2.47. The molecular weight excluding hydrogens is 371 g/mol. The van der Waals surface area contributed by atoms with Gasteiger partial charge in [0.1, 0.15) is 5.82 Å². The summed E-state index contributed by atoms with van der Waals surface area (Å²) >= 11 is 3.30. The molecule has 0 heterocycles. The smallest absolute Gasteiger partial charge is 0.194 e. The maximum Gasteiger partial charge on any atom is 0.194 e. The fourth-order valence-electron chi connectivity index (χ4n) is 1.95. The zero-order chi connectivity index (χ0) is 16.3. The van der Waals surface area contributed by atoms with Crippen LogP contribution in [0.25, 0.3) is 0 Å². The molecule has 0 aliphatic rings. The first-order chi connectivity index (χ1) is 10.3. The standard InChI is InChI=1S/C16H14BrFO3S/c1-2-22(20,21)10-11-3-8-14(15(17)9-11)16(19)12-4-6-13(18)7-5-12/h3-9H,2,10H2,1H3. The summed E-state index contributed by atoms with van der Waals surface area (Å²) < 4.78 is 36.7. The van der Waals surface area contributed by atoms with E-state index in [2.05, 4.69) is 15.9 Å². The van der Waals surface area contributed by atoms with Crippen LogP contribution in [-0.4, -0.2) is 20.0 Å². The first-order valence-electron chi connectivity index (χ1n) is 6.61. The molecule has 6 heteroatoms. The molecular formula is C16H14BrFO3S. The zero-order valence-electron chi connectivity index (χ0n) is 11.8. The lowest BCUT2D eigenvalue weighted by Crippen LogP contribution is -2.08. The van der Waals surface area contributed by atoms with E-state index in [1.165, 1.54) is 24.3 Å². The highest BCUT2D eigenvalue weighted by Crippen LogP contribution is 2.23. The second-order valence-electron chi connectivity index (χ2n) is 4.83. The fourth-order valence-corrected chi connectivity index (χ4v) is 3.44. The lowest BCUT2D eigenvalue weighted by molar-refractivity contribution is 0.103. The van der Waals surface area contributed by atoms with Gasteiger partial charge in [-0.2, -0.15) is 0 Å². The molecule has 0 spiro atoms. The van der Waals surface area contributed by atoms with Crippen LogP contribution < -0.4 is 0 Å². The van der Waals surface area contributed by atoms with Crippen LogP contribution >= 0.6 is 15.9 Å². The van der Waals surface area contributed by atoms with Crippen molar-refractivity contribution in [1.29, 1.82) is 0 Å². The van der Waals surface area contributed by atoms with Gasteiger partial charge in [-0.25, -0.2) is 12.8 Å². The van der Waals surface area contributed by atoms with Crippen LogP contribution in [0.15, 0.2) is 46.9 Å². The van der Waals surface area contributed by atoms with Gasteiger partial charge in [0.15, 0.2) is 15.6 Å². The van der Waals surface area contributed by atoms with Gasteiger partial charge in [-0.05, 0) is 42.0 Å². The van der Waals surface area contributed by atoms with Crippen LogP contribution in [0.1, 0.15) is 28.4 Å². The molecule has 116 valence electrons. The largest absolute Gasteiger partial charge is 0.289 e. The van der Waals surface area contributed by atoms with Crippen LogP contribution in [0.2, 0.25) is 0 Å². The number of carbonyl (C=O) groups is 1. The molecule has 0 saturated heterocycles. The van der Waals surface area contributed by atoms with Gasteiger partial charge in [0.2, 0.25) is 0 Å². The van der Waals surface area contributed by atoms with Crippen molar-refractivity contribution in [1.82, 2.24) is 0 Å². The normalized spacial score (nSPS) is 11.4. The Morgan fingerprint density at radius 1 is 1.14 bits per heavy atom. The monoisotopic (exact) mass is 384 g/mol. The van der Waals surface area contributed by atoms with E-state index in [9.17, 15) is 17.6 Å². The molecule has 2 rings (SSSR count). The van der Waals surface area contributed by atoms with E-state index in [1.807, 2.05) is 0 Å². The van der Waals surface area contributed by atoms with E-state index in [4.69, 9.17) is 0 Å². The van der Waals surface area contributed by atoms with Crippen LogP contribution in [0.4, 0.5) is 4.39 Å². The summed E-state index contributed by atoms with van der Waals surface area (Å²) in [5, 5.41) is 0. The van der Waals surface area contributed by atoms with Crippen molar-refractivity contribution in [2.45, 2.75) is 12.7 Å². The molecule has 0 aliphatic heterocycles. The van der Waals surface area contributed by atoms with Crippen molar-refractivity contribution < 1.29 is 17.6 Å². The highest BCUT2D eigenvalue weighted by molar-refractivity contribution is 9.10. The van der Waals surface area contributed by atoms with Crippen molar-refractivity contribution in [3.8, 4) is 0 Å². The maximum absolute atomic E-state index is 12.9. The number of benzene rings is 2. The Bertz CT molecular complexity index is 799. The van der Waals surface area contributed by atoms with Gasteiger partial charge in [0.25, 0.3) is 0 Å². The van der Waals surface area contributed by atoms with Gasteiger partial charge in [-0.1, -0.05) is 28.9 Å². The van der Waals surface area contributed by atoms with Crippen molar-refractivity contribution in [2.75, 3.05) is 5.75 Å². The Balaban J connectivity index is 2.30. The molecule has 0 amide bonds. The van der Waals surface area contributed by atoms with Crippen LogP contribution in [0.3, 0.4) is 0 Å². The Morgan fingerprint density at radius 3 is 2.32 bits per heavy atom. The van der Waals surface area contributed by atoms with E-state index >= 15 is 0 Å². The van der Waals surface area contributed by atoms with E-state index in [-0.39, 0.29) is 17.3 Å². The minimum atomic E-state index is -3.13. The predicted molar refractivity (Wildman–Crippen MR) is 87.1 cm³/mol. The lowest BCUT2D eigenvalue weighted by Gasteiger charge is -2.07. The van der Waals surface area contributed by atoms with Crippen LogP contribution in [0, 0.1) is 5.82 Å². The summed E-state index contributed by atoms with van der Waals surface area (Å²) in [5.41, 5.74) is 1.39. The van der Waals surface area contributed by atoms with Crippen molar-refractivity contribution in [3.05, 3.63) is 69.4 Å². The first kappa shape index (κ1) is 16.8. The van der Waals surface area contributed by atoms with Gasteiger partial charge in [0, 0.05) is 21.4 Å². The second kappa shape index (κ2) is 6.71. The third kappa shape index (κ3) is 4.01. The number of halogens is 2. The highest BCUT2D eigenvalue weighted by atomic mass is 79.9. The quantitative estimate of drug-likeness (QED) is 0.737. The molecule has 0 unspecified atom stereocenters. The zero-order valence-corrected chi connectivity index (χ0v) is 14.2. The van der Waals surface area contributed by atoms with Crippen LogP contribution in [-0.2, 0) is 15.6 Å². The summed E-state index contributed by atoms with van der Waals surface area (Å²) in [6.07, 6.45) is 0.